The van der Waals surface area contributed by atoms with E-state index in [4.69, 9.17) is 0 Å². The van der Waals surface area contributed by atoms with E-state index in [-0.39, 0.29) is 5.54 Å². The van der Waals surface area contributed by atoms with E-state index in [1.807, 2.05) is 30.3 Å². The third kappa shape index (κ3) is 2.50. The van der Waals surface area contributed by atoms with Crippen molar-refractivity contribution in [3.8, 4) is 5.69 Å². The summed E-state index contributed by atoms with van der Waals surface area (Å²) >= 11 is 0. The van der Waals surface area contributed by atoms with Gasteiger partial charge in [0, 0.05) is 5.54 Å². The highest BCUT2D eigenvalue weighted by Gasteiger charge is 2.22. The highest BCUT2D eigenvalue weighted by Crippen LogP contribution is 2.21. The van der Waals surface area contributed by atoms with E-state index in [0.717, 1.165) is 18.5 Å². The molecule has 0 radical (unpaired) electrons. The molecule has 0 amide bonds. The predicted octanol–water partition coefficient (Wildman–Crippen LogP) is 2.65. The molecule has 2 rings (SSSR count). The Bertz CT molecular complexity index is 487. The van der Waals surface area contributed by atoms with Crippen molar-refractivity contribution in [2.75, 3.05) is 5.32 Å². The van der Waals surface area contributed by atoms with Crippen LogP contribution in [0.25, 0.3) is 5.69 Å². The second-order valence-electron chi connectivity index (χ2n) is 4.64. The Hall–Kier alpha value is -1.91. The molecule has 2 aromatic rings. The third-order valence-electron chi connectivity index (χ3n) is 3.44. The lowest BCUT2D eigenvalue weighted by Crippen LogP contribution is -2.34. The van der Waals surface area contributed by atoms with Crippen LogP contribution in [0.1, 0.15) is 33.6 Å². The van der Waals surface area contributed by atoms with Crippen LogP contribution in [-0.2, 0) is 0 Å². The Morgan fingerprint density at radius 3 is 2.44 bits per heavy atom. The molecule has 18 heavy (non-hydrogen) atoms. The zero-order valence-electron chi connectivity index (χ0n) is 11.1. The smallest absolute Gasteiger partial charge is 0.248 e. The Morgan fingerprint density at radius 1 is 1.17 bits per heavy atom. The lowest BCUT2D eigenvalue weighted by Gasteiger charge is -2.28. The average molecular weight is 245 g/mol. The molecule has 1 aromatic heterocycles. The lowest BCUT2D eigenvalue weighted by molar-refractivity contribution is 0.473. The number of aromatic nitrogens is 4. The summed E-state index contributed by atoms with van der Waals surface area (Å²) in [5, 5.41) is 15.3. The fraction of sp³-hybridized carbons (Fsp3) is 0.462. The first-order valence-electron chi connectivity index (χ1n) is 6.30. The molecule has 0 aliphatic heterocycles. The van der Waals surface area contributed by atoms with E-state index in [1.54, 1.807) is 4.68 Å². The summed E-state index contributed by atoms with van der Waals surface area (Å²) in [6, 6.07) is 9.88. The minimum absolute atomic E-state index is 0.0151. The largest absolute Gasteiger partial charge is 0.348 e. The van der Waals surface area contributed by atoms with Gasteiger partial charge in [0.2, 0.25) is 5.95 Å². The normalized spacial score (nSPS) is 11.5. The standard InChI is InChI=1S/C13H19N5/c1-4-13(3,5-2)14-12-15-16-17-18(12)11-9-7-6-8-10-11/h6-10H,4-5H2,1-3H3,(H,14,15,17). The maximum absolute atomic E-state index is 4.06. The molecule has 0 saturated heterocycles. The molecule has 0 bridgehead atoms. The first-order valence-corrected chi connectivity index (χ1v) is 6.30. The van der Waals surface area contributed by atoms with E-state index in [9.17, 15) is 0 Å². The molecule has 5 heteroatoms. The van der Waals surface area contributed by atoms with Gasteiger partial charge < -0.3 is 5.32 Å². The van der Waals surface area contributed by atoms with Crippen molar-refractivity contribution >= 4 is 5.95 Å². The summed E-state index contributed by atoms with van der Waals surface area (Å²) in [5.74, 6) is 0.687. The minimum atomic E-state index is 0.0151. The van der Waals surface area contributed by atoms with Crippen LogP contribution in [-0.4, -0.2) is 25.7 Å². The Balaban J connectivity index is 2.29. The molecule has 0 unspecified atom stereocenters. The number of rotatable bonds is 5. The van der Waals surface area contributed by atoms with Crippen LogP contribution in [0.4, 0.5) is 5.95 Å². The molecule has 1 heterocycles. The Kier molecular flexibility index (Phi) is 3.60. The minimum Gasteiger partial charge on any atom is -0.348 e. The van der Waals surface area contributed by atoms with Crippen molar-refractivity contribution in [1.29, 1.82) is 0 Å². The van der Waals surface area contributed by atoms with Crippen LogP contribution in [0.5, 0.6) is 0 Å². The summed E-state index contributed by atoms with van der Waals surface area (Å²) in [7, 11) is 0. The van der Waals surface area contributed by atoms with E-state index in [2.05, 4.69) is 41.6 Å². The van der Waals surface area contributed by atoms with Crippen LogP contribution in [0.3, 0.4) is 0 Å². The SMILES string of the molecule is CCC(C)(CC)Nc1nnnn1-c1ccccc1. The average Bonchev–Trinajstić information content (AvgIpc) is 2.87. The van der Waals surface area contributed by atoms with Crippen LogP contribution in [0.15, 0.2) is 30.3 Å². The maximum atomic E-state index is 4.06. The van der Waals surface area contributed by atoms with Crippen molar-refractivity contribution in [1.82, 2.24) is 20.2 Å². The maximum Gasteiger partial charge on any atom is 0.248 e. The number of hydrogen-bond donors (Lipinski definition) is 1. The van der Waals surface area contributed by atoms with Gasteiger partial charge in [-0.25, -0.2) is 0 Å². The fourth-order valence-corrected chi connectivity index (χ4v) is 1.70. The van der Waals surface area contributed by atoms with Gasteiger partial charge in [-0.1, -0.05) is 37.1 Å². The summed E-state index contributed by atoms with van der Waals surface area (Å²) in [6.45, 7) is 6.50. The summed E-state index contributed by atoms with van der Waals surface area (Å²) in [4.78, 5) is 0. The van der Waals surface area contributed by atoms with Crippen molar-refractivity contribution in [3.05, 3.63) is 30.3 Å². The Morgan fingerprint density at radius 2 is 1.83 bits per heavy atom. The van der Waals surface area contributed by atoms with Crippen LogP contribution < -0.4 is 5.32 Å². The number of benzene rings is 1. The highest BCUT2D eigenvalue weighted by molar-refractivity contribution is 5.39. The number of para-hydroxylation sites is 1. The highest BCUT2D eigenvalue weighted by atomic mass is 15.6. The predicted molar refractivity (Wildman–Crippen MR) is 71.8 cm³/mol. The van der Waals surface area contributed by atoms with Crippen molar-refractivity contribution in [2.45, 2.75) is 39.2 Å². The topological polar surface area (TPSA) is 55.6 Å². The number of tetrazole rings is 1. The second kappa shape index (κ2) is 5.16. The van der Waals surface area contributed by atoms with Crippen LogP contribution >= 0.6 is 0 Å². The van der Waals surface area contributed by atoms with Gasteiger partial charge in [0.25, 0.3) is 0 Å². The van der Waals surface area contributed by atoms with Gasteiger partial charge in [0.05, 0.1) is 5.69 Å². The van der Waals surface area contributed by atoms with Gasteiger partial charge in [0.1, 0.15) is 0 Å². The van der Waals surface area contributed by atoms with Gasteiger partial charge >= 0.3 is 0 Å². The quantitative estimate of drug-likeness (QED) is 0.879. The van der Waals surface area contributed by atoms with Gasteiger partial charge in [-0.2, -0.15) is 4.68 Å². The third-order valence-corrected chi connectivity index (χ3v) is 3.44. The zero-order valence-corrected chi connectivity index (χ0v) is 11.1. The van der Waals surface area contributed by atoms with Gasteiger partial charge in [-0.05, 0) is 42.3 Å². The fourth-order valence-electron chi connectivity index (χ4n) is 1.70. The van der Waals surface area contributed by atoms with E-state index >= 15 is 0 Å². The van der Waals surface area contributed by atoms with Crippen molar-refractivity contribution in [2.24, 2.45) is 0 Å². The van der Waals surface area contributed by atoms with Crippen molar-refractivity contribution in [3.63, 3.8) is 0 Å². The molecule has 0 saturated carbocycles. The first kappa shape index (κ1) is 12.5. The molecule has 1 N–H and O–H groups in total. The van der Waals surface area contributed by atoms with Gasteiger partial charge in [0.15, 0.2) is 0 Å². The second-order valence-corrected chi connectivity index (χ2v) is 4.64. The molecule has 0 aliphatic rings. The first-order chi connectivity index (χ1) is 8.68. The molecule has 0 fully saturated rings. The van der Waals surface area contributed by atoms with Crippen molar-refractivity contribution < 1.29 is 0 Å². The molecule has 0 atom stereocenters. The summed E-state index contributed by atoms with van der Waals surface area (Å²) < 4.78 is 1.73. The van der Waals surface area contributed by atoms with Crippen LogP contribution in [0, 0.1) is 0 Å². The van der Waals surface area contributed by atoms with E-state index in [0.29, 0.717) is 5.95 Å². The number of hydrogen-bond acceptors (Lipinski definition) is 4. The zero-order chi connectivity index (χ0) is 13.0. The number of anilines is 1. The number of nitrogens with zero attached hydrogens (tertiary/aromatic N) is 4. The monoisotopic (exact) mass is 245 g/mol. The summed E-state index contributed by atoms with van der Waals surface area (Å²) in [6.07, 6.45) is 2.04. The van der Waals surface area contributed by atoms with Crippen LogP contribution in [0.2, 0.25) is 0 Å². The molecular formula is C13H19N5. The molecule has 0 spiro atoms. The molecule has 5 nitrogen and oxygen atoms in total. The van der Waals surface area contributed by atoms with Gasteiger partial charge in [-0.15, -0.1) is 0 Å². The lowest BCUT2D eigenvalue weighted by atomic mass is 9.96. The summed E-state index contributed by atoms with van der Waals surface area (Å²) in [5.41, 5.74) is 0.973. The van der Waals surface area contributed by atoms with Gasteiger partial charge in [-0.3, -0.25) is 0 Å². The molecule has 96 valence electrons. The van der Waals surface area contributed by atoms with E-state index < -0.39 is 0 Å². The molecule has 1 aromatic carbocycles. The Labute approximate surface area is 107 Å². The molecular weight excluding hydrogens is 226 g/mol. The number of nitrogens with one attached hydrogen (secondary N) is 1. The van der Waals surface area contributed by atoms with E-state index in [1.165, 1.54) is 0 Å². The molecule has 0 aliphatic carbocycles.